The van der Waals surface area contributed by atoms with E-state index in [0.29, 0.717) is 13.1 Å². The molecule has 6 nitrogen and oxygen atoms in total. The highest BCUT2D eigenvalue weighted by Crippen LogP contribution is 2.30. The van der Waals surface area contributed by atoms with Crippen molar-refractivity contribution in [3.63, 3.8) is 0 Å². The largest absolute Gasteiger partial charge is 0.478 e. The van der Waals surface area contributed by atoms with Crippen molar-refractivity contribution in [3.8, 4) is 0 Å². The molecule has 1 aromatic heterocycles. The molecule has 0 aromatic carbocycles. The fraction of sp³-hybridized carbons (Fsp3) is 0.615. The fourth-order valence-corrected chi connectivity index (χ4v) is 4.52. The molecule has 1 aromatic rings. The monoisotopic (exact) mass is 301 g/mol. The Morgan fingerprint density at radius 1 is 1.10 bits per heavy atom. The quantitative estimate of drug-likeness (QED) is 0.924. The second-order valence-electron chi connectivity index (χ2n) is 5.04. The zero-order valence-electron chi connectivity index (χ0n) is 11.7. The molecule has 1 aliphatic rings. The number of hydrogen-bond donors (Lipinski definition) is 1. The van der Waals surface area contributed by atoms with Crippen LogP contribution in [-0.2, 0) is 10.0 Å². The molecule has 7 heteroatoms. The highest BCUT2D eigenvalue weighted by Gasteiger charge is 2.35. The summed E-state index contributed by atoms with van der Waals surface area (Å²) in [5.41, 5.74) is -0.244. The van der Waals surface area contributed by atoms with Gasteiger partial charge in [-0.15, -0.1) is 0 Å². The predicted octanol–water partition coefficient (Wildman–Crippen LogP) is 2.16. The van der Waals surface area contributed by atoms with Crippen molar-refractivity contribution in [2.75, 3.05) is 13.1 Å². The fourth-order valence-electron chi connectivity index (χ4n) is 2.63. The summed E-state index contributed by atoms with van der Waals surface area (Å²) in [5, 5.41) is 9.23. The molecule has 1 aliphatic heterocycles. The van der Waals surface area contributed by atoms with Gasteiger partial charge in [0.15, 0.2) is 0 Å². The summed E-state index contributed by atoms with van der Waals surface area (Å²) < 4.78 is 32.0. The number of nitrogens with zero attached hydrogens (tertiary/aromatic N) is 1. The summed E-state index contributed by atoms with van der Waals surface area (Å²) in [4.78, 5) is 11.1. The van der Waals surface area contributed by atoms with Crippen LogP contribution >= 0.6 is 0 Å². The smallest absolute Gasteiger partial charge is 0.340 e. The molecule has 1 saturated heterocycles. The Balaban J connectivity index is 2.51. The number of aromatic carboxylic acids is 1. The second kappa shape index (κ2) is 5.57. The van der Waals surface area contributed by atoms with Crippen LogP contribution in [0.3, 0.4) is 0 Å². The molecule has 2 rings (SSSR count). The van der Waals surface area contributed by atoms with Gasteiger partial charge in [-0.1, -0.05) is 12.8 Å². The van der Waals surface area contributed by atoms with Crippen LogP contribution in [0.15, 0.2) is 9.31 Å². The van der Waals surface area contributed by atoms with Crippen LogP contribution < -0.4 is 0 Å². The molecule has 0 bridgehead atoms. The van der Waals surface area contributed by atoms with Crippen molar-refractivity contribution >= 4 is 16.0 Å². The molecule has 0 radical (unpaired) electrons. The standard InChI is InChI=1S/C13H19NO5S/c1-9-11(13(15)16)12(10(2)19-9)20(17,18)14-7-5-3-4-6-8-14/h3-8H2,1-2H3,(H,15,16). The molecule has 112 valence electrons. The summed E-state index contributed by atoms with van der Waals surface area (Å²) in [7, 11) is -3.81. The normalized spacial score (nSPS) is 17.9. The lowest BCUT2D eigenvalue weighted by atomic mass is 10.2. The topological polar surface area (TPSA) is 87.8 Å². The molecule has 0 aliphatic carbocycles. The van der Waals surface area contributed by atoms with Gasteiger partial charge in [0.05, 0.1) is 0 Å². The van der Waals surface area contributed by atoms with Crippen LogP contribution in [0.25, 0.3) is 0 Å². The number of carbonyl (C=O) groups is 1. The molecule has 0 unspecified atom stereocenters. The third-order valence-corrected chi connectivity index (χ3v) is 5.63. The number of aryl methyl sites for hydroxylation is 2. The summed E-state index contributed by atoms with van der Waals surface area (Å²) >= 11 is 0. The van der Waals surface area contributed by atoms with Crippen molar-refractivity contribution in [1.29, 1.82) is 0 Å². The zero-order chi connectivity index (χ0) is 14.9. The van der Waals surface area contributed by atoms with E-state index < -0.39 is 16.0 Å². The SMILES string of the molecule is Cc1oc(C)c(S(=O)(=O)N2CCCCCC2)c1C(=O)O. The van der Waals surface area contributed by atoms with Crippen LogP contribution in [0.1, 0.15) is 47.6 Å². The number of sulfonamides is 1. The maximum atomic E-state index is 12.7. The van der Waals surface area contributed by atoms with E-state index in [1.165, 1.54) is 18.2 Å². The summed E-state index contributed by atoms with van der Waals surface area (Å²) in [6, 6.07) is 0. The Bertz CT molecular complexity index is 609. The molecule has 0 atom stereocenters. The van der Waals surface area contributed by atoms with Gasteiger partial charge in [-0.2, -0.15) is 4.31 Å². The van der Waals surface area contributed by atoms with Crippen molar-refractivity contribution < 1.29 is 22.7 Å². The highest BCUT2D eigenvalue weighted by molar-refractivity contribution is 7.89. The maximum absolute atomic E-state index is 12.7. The first kappa shape index (κ1) is 15.1. The van der Waals surface area contributed by atoms with E-state index in [2.05, 4.69) is 0 Å². The number of rotatable bonds is 3. The van der Waals surface area contributed by atoms with Gasteiger partial charge in [-0.05, 0) is 26.7 Å². The van der Waals surface area contributed by atoms with E-state index in [1.54, 1.807) is 0 Å². The van der Waals surface area contributed by atoms with Gasteiger partial charge < -0.3 is 9.52 Å². The first-order valence-electron chi connectivity index (χ1n) is 6.69. The number of hydrogen-bond acceptors (Lipinski definition) is 4. The van der Waals surface area contributed by atoms with Gasteiger partial charge in [0, 0.05) is 13.1 Å². The zero-order valence-corrected chi connectivity index (χ0v) is 12.5. The lowest BCUT2D eigenvalue weighted by Gasteiger charge is -2.19. The van der Waals surface area contributed by atoms with Gasteiger partial charge in [0.2, 0.25) is 10.0 Å². The van der Waals surface area contributed by atoms with Crippen LogP contribution in [0.5, 0.6) is 0 Å². The Morgan fingerprint density at radius 3 is 2.15 bits per heavy atom. The lowest BCUT2D eigenvalue weighted by Crippen LogP contribution is -2.33. The molecule has 20 heavy (non-hydrogen) atoms. The van der Waals surface area contributed by atoms with Crippen LogP contribution in [-0.4, -0.2) is 36.9 Å². The second-order valence-corrected chi connectivity index (χ2v) is 6.92. The maximum Gasteiger partial charge on any atom is 0.340 e. The lowest BCUT2D eigenvalue weighted by molar-refractivity contribution is 0.0691. The first-order chi connectivity index (χ1) is 9.35. The van der Waals surface area contributed by atoms with Gasteiger partial charge in [-0.3, -0.25) is 0 Å². The van der Waals surface area contributed by atoms with Gasteiger partial charge in [0.1, 0.15) is 22.0 Å². The minimum absolute atomic E-state index is 0.128. The van der Waals surface area contributed by atoms with Crippen molar-refractivity contribution in [2.45, 2.75) is 44.4 Å². The van der Waals surface area contributed by atoms with Crippen molar-refractivity contribution in [3.05, 3.63) is 17.1 Å². The average Bonchev–Trinajstić information content (AvgIpc) is 2.57. The van der Waals surface area contributed by atoms with E-state index in [9.17, 15) is 18.3 Å². The summed E-state index contributed by atoms with van der Waals surface area (Å²) in [6.45, 7) is 3.83. The predicted molar refractivity (Wildman–Crippen MR) is 72.4 cm³/mol. The van der Waals surface area contributed by atoms with Crippen LogP contribution in [0.2, 0.25) is 0 Å². The molecule has 1 N–H and O–H groups in total. The average molecular weight is 301 g/mol. The van der Waals surface area contributed by atoms with E-state index in [0.717, 1.165) is 25.7 Å². The Labute approximate surface area is 118 Å². The van der Waals surface area contributed by atoms with Crippen LogP contribution in [0.4, 0.5) is 0 Å². The molecule has 0 saturated carbocycles. The summed E-state index contributed by atoms with van der Waals surface area (Å²) in [6.07, 6.45) is 3.61. The highest BCUT2D eigenvalue weighted by atomic mass is 32.2. The van der Waals surface area contributed by atoms with Gasteiger partial charge >= 0.3 is 5.97 Å². The first-order valence-corrected chi connectivity index (χ1v) is 8.13. The number of carboxylic acid groups (broad SMARTS) is 1. The molecular formula is C13H19NO5S. The van der Waals surface area contributed by atoms with Gasteiger partial charge in [0.25, 0.3) is 0 Å². The third kappa shape index (κ3) is 2.60. The molecule has 0 amide bonds. The molecule has 2 heterocycles. The minimum Gasteiger partial charge on any atom is -0.478 e. The van der Waals surface area contributed by atoms with Crippen molar-refractivity contribution in [2.24, 2.45) is 0 Å². The summed E-state index contributed by atoms with van der Waals surface area (Å²) in [5.74, 6) is -1.000. The number of furan rings is 1. The van der Waals surface area contributed by atoms with E-state index in [1.807, 2.05) is 0 Å². The van der Waals surface area contributed by atoms with E-state index in [-0.39, 0.29) is 22.0 Å². The minimum atomic E-state index is -3.81. The number of carboxylic acids is 1. The molecular weight excluding hydrogens is 282 g/mol. The molecule has 1 fully saturated rings. The third-order valence-electron chi connectivity index (χ3n) is 3.58. The van der Waals surface area contributed by atoms with Gasteiger partial charge in [-0.25, -0.2) is 13.2 Å². The van der Waals surface area contributed by atoms with Crippen LogP contribution in [0, 0.1) is 13.8 Å². The van der Waals surface area contributed by atoms with E-state index in [4.69, 9.17) is 4.42 Å². The van der Waals surface area contributed by atoms with E-state index >= 15 is 0 Å². The molecule has 0 spiro atoms. The Hall–Kier alpha value is -1.34. The Kier molecular flexibility index (Phi) is 4.19. The Morgan fingerprint density at radius 2 is 1.65 bits per heavy atom. The van der Waals surface area contributed by atoms with Crippen molar-refractivity contribution in [1.82, 2.24) is 4.31 Å².